The van der Waals surface area contributed by atoms with Gasteiger partial charge in [0.05, 0.1) is 0 Å². The quantitative estimate of drug-likeness (QED) is 0.391. The molecule has 3 fully saturated rings. The van der Waals surface area contributed by atoms with Crippen LogP contribution < -0.4 is 0 Å². The van der Waals surface area contributed by atoms with Crippen molar-refractivity contribution < 1.29 is 0 Å². The number of allylic oxidation sites excluding steroid dienone is 3. The third-order valence-corrected chi connectivity index (χ3v) is 8.30. The van der Waals surface area contributed by atoms with Crippen LogP contribution in [0, 0.1) is 34.5 Å². The Morgan fingerprint density at radius 1 is 0.960 bits per heavy atom. The molecule has 25 heavy (non-hydrogen) atoms. The maximum absolute atomic E-state index is 4.44. The van der Waals surface area contributed by atoms with Crippen LogP contribution in [0.4, 0.5) is 0 Å². The Morgan fingerprint density at radius 2 is 1.56 bits per heavy atom. The van der Waals surface area contributed by atoms with Crippen molar-refractivity contribution in [3.63, 3.8) is 0 Å². The van der Waals surface area contributed by atoms with Crippen molar-refractivity contribution in [1.82, 2.24) is 0 Å². The first kappa shape index (κ1) is 20.5. The van der Waals surface area contributed by atoms with Gasteiger partial charge in [-0.2, -0.15) is 0 Å². The summed E-state index contributed by atoms with van der Waals surface area (Å²) in [5.74, 6) is 3.76. The molecule has 0 radical (unpaired) electrons. The van der Waals surface area contributed by atoms with Gasteiger partial charge in [0, 0.05) is 0 Å². The Bertz CT molecular complexity index is 512. The van der Waals surface area contributed by atoms with Crippen LogP contribution in [-0.4, -0.2) is 0 Å². The molecule has 0 aromatic carbocycles. The lowest BCUT2D eigenvalue weighted by Crippen LogP contribution is -2.48. The highest BCUT2D eigenvalue weighted by Crippen LogP contribution is 2.66. The van der Waals surface area contributed by atoms with Gasteiger partial charge in [-0.3, -0.25) is 0 Å². The maximum Gasteiger partial charge on any atom is -0.00851 e. The molecule has 5 unspecified atom stereocenters. The molecule has 142 valence electrons. The van der Waals surface area contributed by atoms with Gasteiger partial charge in [-0.1, -0.05) is 58.4 Å². The summed E-state index contributed by atoms with van der Waals surface area (Å²) >= 11 is 0. The van der Waals surface area contributed by atoms with E-state index in [0.29, 0.717) is 10.8 Å². The summed E-state index contributed by atoms with van der Waals surface area (Å²) in [6.07, 6.45) is 13.9. The van der Waals surface area contributed by atoms with Gasteiger partial charge in [-0.15, -0.1) is 13.2 Å². The molecule has 0 bridgehead atoms. The third kappa shape index (κ3) is 3.19. The predicted molar refractivity (Wildman–Crippen MR) is 113 cm³/mol. The van der Waals surface area contributed by atoms with Gasteiger partial charge >= 0.3 is 0 Å². The summed E-state index contributed by atoms with van der Waals surface area (Å²) < 4.78 is 0. The summed E-state index contributed by atoms with van der Waals surface area (Å²) in [4.78, 5) is 0. The minimum atomic E-state index is 0.477. The SMILES string of the molecule is C=C.C=C1CCC2C3CC=C4C[C@@H](C)CCC4(C)C3CCC12C.CC. The highest BCUT2D eigenvalue weighted by molar-refractivity contribution is 5.28. The Labute approximate surface area is 157 Å². The van der Waals surface area contributed by atoms with Crippen molar-refractivity contribution in [3.8, 4) is 0 Å². The normalized spacial score (nSPS) is 44.7. The van der Waals surface area contributed by atoms with Gasteiger partial charge in [0.25, 0.3) is 0 Å². The van der Waals surface area contributed by atoms with E-state index >= 15 is 0 Å². The van der Waals surface area contributed by atoms with Gasteiger partial charge < -0.3 is 0 Å². The molecular formula is C25H42. The van der Waals surface area contributed by atoms with Gasteiger partial charge in [-0.05, 0) is 85.9 Å². The lowest BCUT2D eigenvalue weighted by atomic mass is 9.47. The maximum atomic E-state index is 4.44. The smallest absolute Gasteiger partial charge is 0.00851 e. The summed E-state index contributed by atoms with van der Waals surface area (Å²) in [7, 11) is 0. The fourth-order valence-corrected chi connectivity index (χ4v) is 6.75. The molecule has 0 spiro atoms. The highest BCUT2D eigenvalue weighted by Gasteiger charge is 2.56. The fourth-order valence-electron chi connectivity index (χ4n) is 6.75. The van der Waals surface area contributed by atoms with Crippen LogP contribution in [0.1, 0.15) is 86.0 Å². The lowest BCUT2D eigenvalue weighted by molar-refractivity contribution is -0.0172. The van der Waals surface area contributed by atoms with E-state index in [1.165, 1.54) is 51.4 Å². The lowest BCUT2D eigenvalue weighted by Gasteiger charge is -2.57. The topological polar surface area (TPSA) is 0 Å². The molecule has 0 nitrogen and oxygen atoms in total. The van der Waals surface area contributed by atoms with E-state index in [0.717, 1.165) is 23.7 Å². The van der Waals surface area contributed by atoms with Crippen LogP contribution >= 0.6 is 0 Å². The summed E-state index contributed by atoms with van der Waals surface area (Å²) in [5.41, 5.74) is 4.43. The second-order valence-corrected chi connectivity index (χ2v) is 9.21. The van der Waals surface area contributed by atoms with Crippen LogP contribution in [-0.2, 0) is 0 Å². The number of hydrogen-bond donors (Lipinski definition) is 0. The standard InChI is InChI=1S/C21H32.C2H6.C2H4/c1-14-9-11-21(4)16(13-14)6-7-17-18-8-5-15(2)20(18,3)12-10-19(17)21;2*1-2/h6,14,17-19H,2,5,7-13H2,1,3-4H3;1-2H3;1-2H2/t14-,17?,18?,19?,20?,21?;;/m0../s1. The Hall–Kier alpha value is -0.780. The average molecular weight is 343 g/mol. The molecule has 4 rings (SSSR count). The van der Waals surface area contributed by atoms with E-state index in [2.05, 4.69) is 46.6 Å². The minimum absolute atomic E-state index is 0.477. The predicted octanol–water partition coefficient (Wildman–Crippen LogP) is 7.97. The zero-order chi connectivity index (χ0) is 18.8. The first-order valence-corrected chi connectivity index (χ1v) is 10.8. The summed E-state index contributed by atoms with van der Waals surface area (Å²) in [6, 6.07) is 0. The molecule has 0 saturated heterocycles. The van der Waals surface area contributed by atoms with E-state index in [1.807, 2.05) is 19.4 Å². The van der Waals surface area contributed by atoms with E-state index in [-0.39, 0.29) is 0 Å². The molecule has 4 aliphatic carbocycles. The second kappa shape index (κ2) is 7.85. The fraction of sp³-hybridized carbons (Fsp3) is 0.760. The molecule has 0 amide bonds. The van der Waals surface area contributed by atoms with Crippen LogP contribution in [0.15, 0.2) is 37.0 Å². The zero-order valence-electron chi connectivity index (χ0n) is 17.7. The zero-order valence-corrected chi connectivity index (χ0v) is 17.7. The largest absolute Gasteiger partial charge is 0.106 e. The molecule has 3 saturated carbocycles. The summed E-state index contributed by atoms with van der Waals surface area (Å²) in [6.45, 7) is 22.0. The van der Waals surface area contributed by atoms with Gasteiger partial charge in [0.1, 0.15) is 0 Å². The van der Waals surface area contributed by atoms with Crippen LogP contribution in [0.2, 0.25) is 0 Å². The third-order valence-electron chi connectivity index (χ3n) is 8.30. The van der Waals surface area contributed by atoms with Crippen LogP contribution in [0.5, 0.6) is 0 Å². The van der Waals surface area contributed by atoms with Crippen molar-refractivity contribution in [2.24, 2.45) is 34.5 Å². The van der Waals surface area contributed by atoms with Gasteiger partial charge in [0.2, 0.25) is 0 Å². The van der Waals surface area contributed by atoms with Crippen LogP contribution in [0.25, 0.3) is 0 Å². The Kier molecular flexibility index (Phi) is 6.45. The van der Waals surface area contributed by atoms with Gasteiger partial charge in [0.15, 0.2) is 0 Å². The molecule has 4 aliphatic rings. The Morgan fingerprint density at radius 3 is 2.24 bits per heavy atom. The van der Waals surface area contributed by atoms with E-state index in [1.54, 1.807) is 5.57 Å². The molecule has 0 aromatic rings. The molecule has 0 heterocycles. The van der Waals surface area contributed by atoms with Crippen molar-refractivity contribution in [2.45, 2.75) is 86.0 Å². The molecular weight excluding hydrogens is 300 g/mol. The molecule has 0 N–H and O–H groups in total. The van der Waals surface area contributed by atoms with E-state index < -0.39 is 0 Å². The van der Waals surface area contributed by atoms with Crippen molar-refractivity contribution in [1.29, 1.82) is 0 Å². The monoisotopic (exact) mass is 342 g/mol. The molecule has 0 aromatic heterocycles. The Balaban J connectivity index is 0.000000528. The first-order valence-electron chi connectivity index (χ1n) is 10.8. The van der Waals surface area contributed by atoms with E-state index in [9.17, 15) is 0 Å². The van der Waals surface area contributed by atoms with Crippen molar-refractivity contribution in [3.05, 3.63) is 37.0 Å². The average Bonchev–Trinajstić information content (AvgIpc) is 2.94. The minimum Gasteiger partial charge on any atom is -0.106 e. The number of rotatable bonds is 0. The number of hydrogen-bond acceptors (Lipinski definition) is 0. The number of fused-ring (bicyclic) bond motifs is 5. The van der Waals surface area contributed by atoms with E-state index in [4.69, 9.17) is 0 Å². The molecule has 0 heteroatoms. The van der Waals surface area contributed by atoms with Crippen molar-refractivity contribution >= 4 is 0 Å². The highest BCUT2D eigenvalue weighted by atomic mass is 14.6. The van der Waals surface area contributed by atoms with Crippen molar-refractivity contribution in [2.75, 3.05) is 0 Å². The van der Waals surface area contributed by atoms with Gasteiger partial charge in [-0.25, -0.2) is 0 Å². The first-order chi connectivity index (χ1) is 11.9. The van der Waals surface area contributed by atoms with Crippen LogP contribution in [0.3, 0.4) is 0 Å². The molecule has 6 atom stereocenters. The summed E-state index contributed by atoms with van der Waals surface area (Å²) in [5, 5.41) is 0. The second-order valence-electron chi connectivity index (χ2n) is 9.21. The molecule has 0 aliphatic heterocycles.